The molecule has 0 atom stereocenters. The van der Waals surface area contributed by atoms with Crippen LogP contribution in [0.25, 0.3) is 10.9 Å². The van der Waals surface area contributed by atoms with E-state index < -0.39 is 0 Å². The quantitative estimate of drug-likeness (QED) is 0.338. The molecule has 1 aromatic heterocycles. The number of unbranched alkanes of at least 4 members (excludes halogenated alkanes) is 1. The van der Waals surface area contributed by atoms with Gasteiger partial charge in [-0.05, 0) is 56.1 Å². The first kappa shape index (κ1) is 19.5. The molecule has 0 N–H and O–H groups in total. The zero-order valence-electron chi connectivity index (χ0n) is 17.0. The molecule has 6 heteroatoms. The number of nitro groups is 1. The van der Waals surface area contributed by atoms with Crippen molar-refractivity contribution in [3.05, 3.63) is 70.4 Å². The van der Waals surface area contributed by atoms with Crippen LogP contribution in [0.4, 0.5) is 11.4 Å². The van der Waals surface area contributed by atoms with Gasteiger partial charge in [-0.3, -0.25) is 15.0 Å². The fraction of sp³-hybridized carbons (Fsp3) is 0.391. The first-order valence-electron chi connectivity index (χ1n) is 10.4. The van der Waals surface area contributed by atoms with Gasteiger partial charge in [-0.15, -0.1) is 0 Å². The van der Waals surface area contributed by atoms with Crippen LogP contribution in [0.1, 0.15) is 18.4 Å². The molecule has 0 unspecified atom stereocenters. The van der Waals surface area contributed by atoms with Crippen molar-refractivity contribution in [3.8, 4) is 0 Å². The third-order valence-electron chi connectivity index (χ3n) is 5.83. The van der Waals surface area contributed by atoms with Gasteiger partial charge in [0.1, 0.15) is 0 Å². The van der Waals surface area contributed by atoms with Crippen LogP contribution in [0.3, 0.4) is 0 Å². The van der Waals surface area contributed by atoms with E-state index >= 15 is 0 Å². The summed E-state index contributed by atoms with van der Waals surface area (Å²) in [4.78, 5) is 15.6. The molecule has 1 fully saturated rings. The van der Waals surface area contributed by atoms with Crippen molar-refractivity contribution in [1.29, 1.82) is 0 Å². The van der Waals surface area contributed by atoms with Gasteiger partial charge in [0, 0.05) is 67.6 Å². The number of non-ortho nitro benzene ring substituents is 1. The summed E-state index contributed by atoms with van der Waals surface area (Å²) < 4.78 is 2.20. The highest BCUT2D eigenvalue weighted by atomic mass is 16.6. The predicted molar refractivity (Wildman–Crippen MR) is 118 cm³/mol. The molecule has 0 aliphatic carbocycles. The van der Waals surface area contributed by atoms with Crippen LogP contribution < -0.4 is 4.90 Å². The van der Waals surface area contributed by atoms with Crippen molar-refractivity contribution in [1.82, 2.24) is 9.47 Å². The van der Waals surface area contributed by atoms with Crippen molar-refractivity contribution in [2.24, 2.45) is 0 Å². The molecule has 1 aliphatic heterocycles. The Bertz CT molecular complexity index is 989. The topological polar surface area (TPSA) is 54.5 Å². The largest absolute Gasteiger partial charge is 0.369 e. The highest BCUT2D eigenvalue weighted by molar-refractivity contribution is 5.82. The number of piperazine rings is 1. The summed E-state index contributed by atoms with van der Waals surface area (Å²) in [5.74, 6) is 0. The number of hydrogen-bond donors (Lipinski definition) is 0. The smallest absolute Gasteiger partial charge is 0.270 e. The minimum Gasteiger partial charge on any atom is -0.369 e. The summed E-state index contributed by atoms with van der Waals surface area (Å²) >= 11 is 0. The standard InChI is InChI=1S/C23H28N4O2/c1-19-5-4-6-21(17-19)25-15-13-24(14-16-25)10-2-3-11-26-12-9-20-18-22(27(28)29)7-8-23(20)26/h4-9,12,17-18H,2-3,10-11,13-16H2,1H3. The summed E-state index contributed by atoms with van der Waals surface area (Å²) in [5, 5.41) is 11.9. The van der Waals surface area contributed by atoms with Crippen molar-refractivity contribution >= 4 is 22.3 Å². The minimum absolute atomic E-state index is 0.153. The van der Waals surface area contributed by atoms with Gasteiger partial charge in [-0.25, -0.2) is 0 Å². The van der Waals surface area contributed by atoms with E-state index in [1.807, 2.05) is 18.3 Å². The third kappa shape index (κ3) is 4.59. The lowest BCUT2D eigenvalue weighted by Gasteiger charge is -2.36. The first-order valence-corrected chi connectivity index (χ1v) is 10.4. The van der Waals surface area contributed by atoms with E-state index in [0.717, 1.165) is 63.0 Å². The Morgan fingerprint density at radius 3 is 2.52 bits per heavy atom. The molecule has 0 spiro atoms. The maximum atomic E-state index is 10.9. The van der Waals surface area contributed by atoms with Crippen molar-refractivity contribution in [3.63, 3.8) is 0 Å². The van der Waals surface area contributed by atoms with Gasteiger partial charge in [0.25, 0.3) is 5.69 Å². The first-order chi connectivity index (χ1) is 14.1. The molecule has 0 bridgehead atoms. The molecule has 0 saturated carbocycles. The molecule has 4 rings (SSSR count). The molecular formula is C23H28N4O2. The molecule has 3 aromatic rings. The van der Waals surface area contributed by atoms with Crippen molar-refractivity contribution < 1.29 is 4.92 Å². The Morgan fingerprint density at radius 2 is 1.76 bits per heavy atom. The number of aryl methyl sites for hydroxylation is 2. The summed E-state index contributed by atoms with van der Waals surface area (Å²) in [6.07, 6.45) is 4.31. The lowest BCUT2D eigenvalue weighted by Crippen LogP contribution is -2.46. The van der Waals surface area contributed by atoms with Crippen LogP contribution in [0.15, 0.2) is 54.7 Å². The van der Waals surface area contributed by atoms with E-state index in [-0.39, 0.29) is 10.6 Å². The fourth-order valence-electron chi connectivity index (χ4n) is 4.17. The van der Waals surface area contributed by atoms with Gasteiger partial charge in [-0.1, -0.05) is 12.1 Å². The second kappa shape index (κ2) is 8.66. The number of benzene rings is 2. The average molecular weight is 393 g/mol. The normalized spacial score (nSPS) is 15.1. The molecule has 152 valence electrons. The monoisotopic (exact) mass is 392 g/mol. The molecule has 29 heavy (non-hydrogen) atoms. The molecule has 1 saturated heterocycles. The van der Waals surface area contributed by atoms with Gasteiger partial charge < -0.3 is 9.47 Å². The van der Waals surface area contributed by atoms with Gasteiger partial charge in [0.2, 0.25) is 0 Å². The Morgan fingerprint density at radius 1 is 0.966 bits per heavy atom. The molecule has 1 aliphatic rings. The molecule has 0 amide bonds. The summed E-state index contributed by atoms with van der Waals surface area (Å²) in [6, 6.07) is 15.8. The SMILES string of the molecule is Cc1cccc(N2CCN(CCCCn3ccc4cc([N+](=O)[O-])ccc43)CC2)c1. The zero-order chi connectivity index (χ0) is 20.2. The van der Waals surface area contributed by atoms with Gasteiger partial charge in [0.05, 0.1) is 4.92 Å². The van der Waals surface area contributed by atoms with E-state index in [9.17, 15) is 10.1 Å². The molecule has 2 heterocycles. The predicted octanol–water partition coefficient (Wildman–Crippen LogP) is 4.46. The summed E-state index contributed by atoms with van der Waals surface area (Å²) in [7, 11) is 0. The van der Waals surface area contributed by atoms with Gasteiger partial charge in [0.15, 0.2) is 0 Å². The van der Waals surface area contributed by atoms with Crippen LogP contribution in [-0.4, -0.2) is 47.1 Å². The lowest BCUT2D eigenvalue weighted by molar-refractivity contribution is -0.384. The number of nitro benzene ring substituents is 1. The summed E-state index contributed by atoms with van der Waals surface area (Å²) in [6.45, 7) is 8.63. The van der Waals surface area contributed by atoms with Gasteiger partial charge >= 0.3 is 0 Å². The fourth-order valence-corrected chi connectivity index (χ4v) is 4.17. The van der Waals surface area contributed by atoms with Crippen LogP contribution in [0.2, 0.25) is 0 Å². The number of aromatic nitrogens is 1. The molecule has 2 aromatic carbocycles. The van der Waals surface area contributed by atoms with E-state index in [1.165, 1.54) is 11.3 Å². The highest BCUT2D eigenvalue weighted by Gasteiger charge is 2.16. The summed E-state index contributed by atoms with van der Waals surface area (Å²) in [5.41, 5.74) is 3.88. The van der Waals surface area contributed by atoms with Gasteiger partial charge in [-0.2, -0.15) is 0 Å². The van der Waals surface area contributed by atoms with E-state index in [0.29, 0.717) is 0 Å². The molecule has 6 nitrogen and oxygen atoms in total. The number of nitrogens with zero attached hydrogens (tertiary/aromatic N) is 4. The Kier molecular flexibility index (Phi) is 5.81. The Hall–Kier alpha value is -2.86. The second-order valence-electron chi connectivity index (χ2n) is 7.88. The second-order valence-corrected chi connectivity index (χ2v) is 7.88. The highest BCUT2D eigenvalue weighted by Crippen LogP contribution is 2.22. The number of anilines is 1. The van der Waals surface area contributed by atoms with E-state index in [4.69, 9.17) is 0 Å². The number of fused-ring (bicyclic) bond motifs is 1. The minimum atomic E-state index is -0.338. The maximum absolute atomic E-state index is 10.9. The Balaban J connectivity index is 1.22. The Labute approximate surface area is 171 Å². The zero-order valence-corrected chi connectivity index (χ0v) is 17.0. The van der Waals surface area contributed by atoms with Crippen molar-refractivity contribution in [2.75, 3.05) is 37.6 Å². The van der Waals surface area contributed by atoms with E-state index in [1.54, 1.807) is 12.1 Å². The van der Waals surface area contributed by atoms with Crippen molar-refractivity contribution in [2.45, 2.75) is 26.3 Å². The molecule has 0 radical (unpaired) electrons. The number of hydrogen-bond acceptors (Lipinski definition) is 4. The van der Waals surface area contributed by atoms with Crippen LogP contribution in [0.5, 0.6) is 0 Å². The number of rotatable bonds is 7. The van der Waals surface area contributed by atoms with Crippen LogP contribution >= 0.6 is 0 Å². The van der Waals surface area contributed by atoms with Crippen LogP contribution in [-0.2, 0) is 6.54 Å². The molecular weight excluding hydrogens is 364 g/mol. The lowest BCUT2D eigenvalue weighted by atomic mass is 10.2. The maximum Gasteiger partial charge on any atom is 0.270 e. The van der Waals surface area contributed by atoms with E-state index in [2.05, 4.69) is 45.6 Å². The van der Waals surface area contributed by atoms with Crippen LogP contribution in [0, 0.1) is 17.0 Å². The average Bonchev–Trinajstić information content (AvgIpc) is 3.14. The third-order valence-corrected chi connectivity index (χ3v) is 5.83.